The molecule has 10 heteroatoms. The number of carbonyl (C=O) groups is 1. The van der Waals surface area contributed by atoms with Crippen LogP contribution in [-0.2, 0) is 12.7 Å². The molecule has 1 heterocycles. The van der Waals surface area contributed by atoms with Gasteiger partial charge < -0.3 is 5.32 Å². The van der Waals surface area contributed by atoms with E-state index in [4.69, 9.17) is 0 Å². The highest BCUT2D eigenvalue weighted by Crippen LogP contribution is 2.29. The minimum Gasteiger partial charge on any atom is -0.350 e. The zero-order chi connectivity index (χ0) is 22.9. The van der Waals surface area contributed by atoms with Gasteiger partial charge in [0.2, 0.25) is 5.69 Å². The van der Waals surface area contributed by atoms with Crippen LogP contribution in [0.1, 0.15) is 34.5 Å². The number of benzene rings is 2. The van der Waals surface area contributed by atoms with Gasteiger partial charge in [0.15, 0.2) is 0 Å². The maximum absolute atomic E-state index is 13.0. The molecule has 0 bridgehead atoms. The number of alkyl halides is 3. The SMILES string of the molecule is O=C(NCC1CC1)c1nn(-c2ccc(C(F)(F)F)cc2)c(=O)n(Cc2ccccc2)c1=O. The number of amides is 1. The Labute approximate surface area is 180 Å². The third kappa shape index (κ3) is 4.63. The molecule has 1 aliphatic rings. The van der Waals surface area contributed by atoms with Crippen LogP contribution >= 0.6 is 0 Å². The first-order valence-electron chi connectivity index (χ1n) is 9.98. The summed E-state index contributed by atoms with van der Waals surface area (Å²) in [6, 6.07) is 12.4. The fraction of sp³-hybridized carbons (Fsp3) is 0.273. The van der Waals surface area contributed by atoms with Crippen LogP contribution in [0.4, 0.5) is 13.2 Å². The van der Waals surface area contributed by atoms with Gasteiger partial charge in [0.05, 0.1) is 17.8 Å². The van der Waals surface area contributed by atoms with E-state index in [0.717, 1.165) is 46.4 Å². The summed E-state index contributed by atoms with van der Waals surface area (Å²) >= 11 is 0. The second-order valence-corrected chi connectivity index (χ2v) is 7.62. The molecular weight excluding hydrogens is 425 g/mol. The maximum Gasteiger partial charge on any atom is 0.416 e. The van der Waals surface area contributed by atoms with Crippen molar-refractivity contribution in [3.63, 3.8) is 0 Å². The van der Waals surface area contributed by atoms with Gasteiger partial charge in [0, 0.05) is 6.54 Å². The van der Waals surface area contributed by atoms with Crippen molar-refractivity contribution in [2.45, 2.75) is 25.6 Å². The van der Waals surface area contributed by atoms with E-state index in [-0.39, 0.29) is 12.2 Å². The maximum atomic E-state index is 13.0. The van der Waals surface area contributed by atoms with Gasteiger partial charge in [-0.3, -0.25) is 14.2 Å². The number of nitrogens with zero attached hydrogens (tertiary/aromatic N) is 3. The first kappa shape index (κ1) is 21.5. The van der Waals surface area contributed by atoms with E-state index in [9.17, 15) is 27.6 Å². The average molecular weight is 444 g/mol. The van der Waals surface area contributed by atoms with Crippen LogP contribution in [0.25, 0.3) is 5.69 Å². The molecule has 1 saturated carbocycles. The van der Waals surface area contributed by atoms with Gasteiger partial charge >= 0.3 is 11.9 Å². The van der Waals surface area contributed by atoms with E-state index in [2.05, 4.69) is 10.4 Å². The van der Waals surface area contributed by atoms with Crippen molar-refractivity contribution in [1.82, 2.24) is 19.7 Å². The van der Waals surface area contributed by atoms with Crippen LogP contribution in [0.3, 0.4) is 0 Å². The molecule has 0 aliphatic heterocycles. The Morgan fingerprint density at radius 1 is 1.03 bits per heavy atom. The molecule has 3 aromatic rings. The summed E-state index contributed by atoms with van der Waals surface area (Å²) in [5, 5.41) is 6.55. The Morgan fingerprint density at radius 3 is 2.28 bits per heavy atom. The minimum atomic E-state index is -4.54. The van der Waals surface area contributed by atoms with Crippen LogP contribution in [-0.4, -0.2) is 26.8 Å². The summed E-state index contributed by atoms with van der Waals surface area (Å²) in [7, 11) is 0. The summed E-state index contributed by atoms with van der Waals surface area (Å²) in [6.45, 7) is 0.266. The number of rotatable bonds is 6. The first-order chi connectivity index (χ1) is 15.2. The Kier molecular flexibility index (Phi) is 5.68. The van der Waals surface area contributed by atoms with Crippen LogP contribution in [0.5, 0.6) is 0 Å². The van der Waals surface area contributed by atoms with E-state index in [1.807, 2.05) is 0 Å². The van der Waals surface area contributed by atoms with Crippen molar-refractivity contribution in [1.29, 1.82) is 0 Å². The fourth-order valence-corrected chi connectivity index (χ4v) is 3.17. The summed E-state index contributed by atoms with van der Waals surface area (Å²) < 4.78 is 40.3. The highest BCUT2D eigenvalue weighted by atomic mass is 19.4. The molecule has 32 heavy (non-hydrogen) atoms. The molecule has 2 aromatic carbocycles. The molecular formula is C22H19F3N4O3. The fourth-order valence-electron chi connectivity index (χ4n) is 3.17. The number of aromatic nitrogens is 3. The molecule has 7 nitrogen and oxygen atoms in total. The summed E-state index contributed by atoms with van der Waals surface area (Å²) in [5.41, 5.74) is -2.48. The summed E-state index contributed by atoms with van der Waals surface area (Å²) in [5.74, 6) is -0.379. The molecule has 0 radical (unpaired) electrons. The largest absolute Gasteiger partial charge is 0.416 e. The molecule has 1 fully saturated rings. The molecule has 1 amide bonds. The van der Waals surface area contributed by atoms with E-state index in [1.165, 1.54) is 0 Å². The Morgan fingerprint density at radius 2 is 1.69 bits per heavy atom. The monoisotopic (exact) mass is 444 g/mol. The van der Waals surface area contributed by atoms with Crippen LogP contribution < -0.4 is 16.6 Å². The predicted octanol–water partition coefficient (Wildman–Crippen LogP) is 2.60. The van der Waals surface area contributed by atoms with Gasteiger partial charge in [-0.2, -0.15) is 23.0 Å². The third-order valence-corrected chi connectivity index (χ3v) is 5.15. The zero-order valence-electron chi connectivity index (χ0n) is 16.8. The Balaban J connectivity index is 1.80. The molecule has 0 unspecified atom stereocenters. The van der Waals surface area contributed by atoms with E-state index in [1.54, 1.807) is 30.3 Å². The quantitative estimate of drug-likeness (QED) is 0.633. The van der Waals surface area contributed by atoms with Gasteiger partial charge in [0.25, 0.3) is 11.5 Å². The Hall–Kier alpha value is -3.69. The van der Waals surface area contributed by atoms with E-state index >= 15 is 0 Å². The molecule has 1 N–H and O–H groups in total. The molecule has 0 spiro atoms. The van der Waals surface area contributed by atoms with Gasteiger partial charge in [0.1, 0.15) is 0 Å². The van der Waals surface area contributed by atoms with E-state index < -0.39 is 34.6 Å². The number of carbonyl (C=O) groups excluding carboxylic acids is 1. The van der Waals surface area contributed by atoms with Crippen molar-refractivity contribution >= 4 is 5.91 Å². The standard InChI is InChI=1S/C22H19F3N4O3/c23-22(24,25)16-8-10-17(11-9-16)29-21(32)28(13-15-4-2-1-3-5-15)20(31)18(27-29)19(30)26-12-14-6-7-14/h1-5,8-11,14H,6-7,12-13H2,(H,26,30). The van der Waals surface area contributed by atoms with Gasteiger partial charge in [-0.25, -0.2) is 4.79 Å². The molecule has 0 saturated heterocycles. The molecule has 1 aromatic heterocycles. The number of hydrogen-bond donors (Lipinski definition) is 1. The highest BCUT2D eigenvalue weighted by Gasteiger charge is 2.30. The van der Waals surface area contributed by atoms with E-state index in [0.29, 0.717) is 18.0 Å². The third-order valence-electron chi connectivity index (χ3n) is 5.15. The lowest BCUT2D eigenvalue weighted by Gasteiger charge is -2.13. The van der Waals surface area contributed by atoms with Crippen molar-refractivity contribution in [2.75, 3.05) is 6.54 Å². The van der Waals surface area contributed by atoms with Crippen molar-refractivity contribution in [3.05, 3.63) is 92.3 Å². The predicted molar refractivity (Wildman–Crippen MR) is 110 cm³/mol. The summed E-state index contributed by atoms with van der Waals surface area (Å²) in [6.07, 6.45) is -2.58. The number of hydrogen-bond acceptors (Lipinski definition) is 4. The Bertz CT molecular complexity index is 1240. The lowest BCUT2D eigenvalue weighted by atomic mass is 10.2. The molecule has 0 atom stereocenters. The number of halogens is 3. The van der Waals surface area contributed by atoms with Crippen LogP contribution in [0.15, 0.2) is 64.2 Å². The first-order valence-corrected chi connectivity index (χ1v) is 9.98. The molecule has 4 rings (SSSR count). The lowest BCUT2D eigenvalue weighted by molar-refractivity contribution is -0.137. The summed E-state index contributed by atoms with van der Waals surface area (Å²) in [4.78, 5) is 38.6. The van der Waals surface area contributed by atoms with Gasteiger partial charge in [-0.05, 0) is 48.6 Å². The molecule has 166 valence electrons. The van der Waals surface area contributed by atoms with Gasteiger partial charge in [-0.1, -0.05) is 30.3 Å². The normalized spacial score (nSPS) is 13.7. The van der Waals surface area contributed by atoms with Crippen LogP contribution in [0, 0.1) is 5.92 Å². The topological polar surface area (TPSA) is 86.0 Å². The zero-order valence-corrected chi connectivity index (χ0v) is 16.8. The smallest absolute Gasteiger partial charge is 0.350 e. The van der Waals surface area contributed by atoms with Crippen molar-refractivity contribution in [2.24, 2.45) is 5.92 Å². The van der Waals surface area contributed by atoms with Gasteiger partial charge in [-0.15, -0.1) is 0 Å². The lowest BCUT2D eigenvalue weighted by Crippen LogP contribution is -2.46. The number of nitrogens with one attached hydrogen (secondary N) is 1. The minimum absolute atomic E-state index is 0.000976. The van der Waals surface area contributed by atoms with Crippen molar-refractivity contribution < 1.29 is 18.0 Å². The van der Waals surface area contributed by atoms with Crippen LogP contribution in [0.2, 0.25) is 0 Å². The second kappa shape index (κ2) is 8.45. The van der Waals surface area contributed by atoms with Crippen molar-refractivity contribution in [3.8, 4) is 5.69 Å². The molecule has 1 aliphatic carbocycles. The average Bonchev–Trinajstić information content (AvgIpc) is 3.60. The second-order valence-electron chi connectivity index (χ2n) is 7.62. The highest BCUT2D eigenvalue weighted by molar-refractivity contribution is 5.91.